The Hall–Kier alpha value is -1.26. The Morgan fingerprint density at radius 3 is 2.57 bits per heavy atom. The topological polar surface area (TPSA) is 66.8 Å². The first-order valence-corrected chi connectivity index (χ1v) is 4.77. The highest BCUT2D eigenvalue weighted by Gasteiger charge is 2.28. The smallest absolute Gasteiger partial charge is 0.410 e. The van der Waals surface area contributed by atoms with Crippen LogP contribution in [-0.4, -0.2) is 41.8 Å². The molecule has 1 aliphatic rings. The number of carboxylic acid groups (broad SMARTS) is 1. The molecule has 0 bridgehead atoms. The molecule has 1 aliphatic carbocycles. The lowest BCUT2D eigenvalue weighted by Gasteiger charge is -2.19. The number of amides is 1. The highest BCUT2D eigenvalue weighted by molar-refractivity contribution is 5.76. The van der Waals surface area contributed by atoms with Gasteiger partial charge in [0.2, 0.25) is 0 Å². The lowest BCUT2D eigenvalue weighted by atomic mass is 10.4. The van der Waals surface area contributed by atoms with Crippen molar-refractivity contribution >= 4 is 12.1 Å². The minimum atomic E-state index is -1.00. The van der Waals surface area contributed by atoms with Crippen molar-refractivity contribution in [2.24, 2.45) is 5.92 Å². The lowest BCUT2D eigenvalue weighted by Crippen LogP contribution is -2.37. The van der Waals surface area contributed by atoms with Gasteiger partial charge in [0.25, 0.3) is 0 Å². The number of rotatable bonds is 5. The molecular formula is C9H15NO4. The van der Waals surface area contributed by atoms with Crippen molar-refractivity contribution in [1.29, 1.82) is 0 Å². The van der Waals surface area contributed by atoms with Crippen LogP contribution in [0.3, 0.4) is 0 Å². The van der Waals surface area contributed by atoms with Crippen molar-refractivity contribution in [1.82, 2.24) is 4.90 Å². The van der Waals surface area contributed by atoms with Crippen molar-refractivity contribution in [2.75, 3.05) is 19.7 Å². The summed E-state index contributed by atoms with van der Waals surface area (Å²) in [5.74, 6) is -0.530. The van der Waals surface area contributed by atoms with Gasteiger partial charge in [-0.25, -0.2) is 4.79 Å². The van der Waals surface area contributed by atoms with E-state index in [0.29, 0.717) is 12.5 Å². The number of nitrogens with zero attached hydrogens (tertiary/aromatic N) is 1. The lowest BCUT2D eigenvalue weighted by molar-refractivity contribution is -0.138. The van der Waals surface area contributed by atoms with E-state index < -0.39 is 12.1 Å². The summed E-state index contributed by atoms with van der Waals surface area (Å²) in [4.78, 5) is 23.0. The molecule has 0 radical (unpaired) electrons. The predicted octanol–water partition coefficient (Wildman–Crippen LogP) is 0.939. The number of carbonyl (C=O) groups is 2. The minimum absolute atomic E-state index is 0.269. The molecule has 5 nitrogen and oxygen atoms in total. The second-order valence-corrected chi connectivity index (χ2v) is 3.42. The molecular weight excluding hydrogens is 186 g/mol. The van der Waals surface area contributed by atoms with Crippen LogP contribution in [0.1, 0.15) is 19.8 Å². The van der Waals surface area contributed by atoms with Crippen molar-refractivity contribution in [3.05, 3.63) is 0 Å². The number of aliphatic carboxylic acids is 1. The first kappa shape index (κ1) is 10.8. The van der Waals surface area contributed by atoms with Crippen molar-refractivity contribution in [3.8, 4) is 0 Å². The summed E-state index contributed by atoms with van der Waals surface area (Å²) in [7, 11) is 0. The summed E-state index contributed by atoms with van der Waals surface area (Å²) in [6.07, 6.45) is 1.63. The maximum absolute atomic E-state index is 11.3. The summed E-state index contributed by atoms with van der Waals surface area (Å²) >= 11 is 0. The van der Waals surface area contributed by atoms with E-state index in [1.807, 2.05) is 0 Å². The zero-order valence-electron chi connectivity index (χ0n) is 8.23. The Morgan fingerprint density at radius 2 is 2.14 bits per heavy atom. The molecule has 5 heteroatoms. The van der Waals surface area contributed by atoms with E-state index in [0.717, 1.165) is 12.8 Å². The van der Waals surface area contributed by atoms with Gasteiger partial charge in [-0.05, 0) is 25.7 Å². The highest BCUT2D eigenvalue weighted by atomic mass is 16.6. The van der Waals surface area contributed by atoms with Crippen LogP contribution in [0, 0.1) is 5.92 Å². The monoisotopic (exact) mass is 201 g/mol. The zero-order chi connectivity index (χ0) is 10.6. The minimum Gasteiger partial charge on any atom is -0.480 e. The van der Waals surface area contributed by atoms with Gasteiger partial charge in [0.15, 0.2) is 0 Å². The fourth-order valence-corrected chi connectivity index (χ4v) is 1.19. The van der Waals surface area contributed by atoms with Gasteiger partial charge in [-0.3, -0.25) is 9.69 Å². The Bertz CT molecular complexity index is 225. The van der Waals surface area contributed by atoms with Gasteiger partial charge in [0.05, 0.1) is 6.61 Å². The molecule has 80 valence electrons. The average molecular weight is 201 g/mol. The maximum Gasteiger partial charge on any atom is 0.410 e. The number of ether oxygens (including phenoxy) is 1. The number of carbonyl (C=O) groups excluding carboxylic acids is 1. The fourth-order valence-electron chi connectivity index (χ4n) is 1.19. The van der Waals surface area contributed by atoms with E-state index in [9.17, 15) is 9.59 Å². The Balaban J connectivity index is 2.41. The molecule has 0 spiro atoms. The highest BCUT2D eigenvalue weighted by Crippen LogP contribution is 2.29. The number of carboxylic acids is 1. The van der Waals surface area contributed by atoms with Gasteiger partial charge in [-0.1, -0.05) is 0 Å². The molecule has 0 unspecified atom stereocenters. The SMILES string of the molecule is CCOC(=O)N(CC(=O)O)CC1CC1. The summed E-state index contributed by atoms with van der Waals surface area (Å²) in [5, 5.41) is 8.58. The number of hydrogen-bond acceptors (Lipinski definition) is 3. The zero-order valence-corrected chi connectivity index (χ0v) is 8.23. The standard InChI is InChI=1S/C9H15NO4/c1-2-14-9(13)10(6-8(11)12)5-7-3-4-7/h7H,2-6H2,1H3,(H,11,12). The van der Waals surface area contributed by atoms with E-state index in [1.165, 1.54) is 4.90 Å². The molecule has 0 aromatic carbocycles. The first-order valence-electron chi connectivity index (χ1n) is 4.77. The van der Waals surface area contributed by atoms with Crippen LogP contribution >= 0.6 is 0 Å². The molecule has 1 saturated carbocycles. The summed E-state index contributed by atoms with van der Waals surface area (Å²) in [6, 6.07) is 0. The molecule has 14 heavy (non-hydrogen) atoms. The molecule has 1 rings (SSSR count). The van der Waals surface area contributed by atoms with E-state index in [1.54, 1.807) is 6.92 Å². The van der Waals surface area contributed by atoms with Crippen molar-refractivity contribution in [3.63, 3.8) is 0 Å². The quantitative estimate of drug-likeness (QED) is 0.718. The predicted molar refractivity (Wildman–Crippen MR) is 49.0 cm³/mol. The van der Waals surface area contributed by atoms with Gasteiger partial charge in [-0.2, -0.15) is 0 Å². The molecule has 1 amide bonds. The van der Waals surface area contributed by atoms with Gasteiger partial charge in [0.1, 0.15) is 6.54 Å². The normalized spacial score (nSPS) is 14.9. The number of hydrogen-bond donors (Lipinski definition) is 1. The Kier molecular flexibility index (Phi) is 3.73. The van der Waals surface area contributed by atoms with Gasteiger partial charge in [-0.15, -0.1) is 0 Å². The third-order valence-electron chi connectivity index (χ3n) is 2.03. The van der Waals surface area contributed by atoms with E-state index in [-0.39, 0.29) is 13.2 Å². The third-order valence-corrected chi connectivity index (χ3v) is 2.03. The van der Waals surface area contributed by atoms with E-state index in [4.69, 9.17) is 9.84 Å². The molecule has 0 aromatic heterocycles. The summed E-state index contributed by atoms with van der Waals surface area (Å²) in [6.45, 7) is 2.22. The largest absolute Gasteiger partial charge is 0.480 e. The average Bonchev–Trinajstić information content (AvgIpc) is 2.86. The van der Waals surface area contributed by atoms with Crippen LogP contribution in [0.4, 0.5) is 4.79 Å². The maximum atomic E-state index is 11.3. The van der Waals surface area contributed by atoms with Crippen molar-refractivity contribution in [2.45, 2.75) is 19.8 Å². The third kappa shape index (κ3) is 3.64. The first-order chi connectivity index (χ1) is 6.63. The van der Waals surface area contributed by atoms with Gasteiger partial charge in [0, 0.05) is 6.54 Å². The second kappa shape index (κ2) is 4.83. The molecule has 0 saturated heterocycles. The van der Waals surface area contributed by atoms with E-state index in [2.05, 4.69) is 0 Å². The molecule has 0 heterocycles. The second-order valence-electron chi connectivity index (χ2n) is 3.42. The molecule has 0 aliphatic heterocycles. The summed E-state index contributed by atoms with van der Waals surface area (Å²) < 4.78 is 4.76. The molecule has 1 fully saturated rings. The van der Waals surface area contributed by atoms with Crippen LogP contribution in [0.15, 0.2) is 0 Å². The van der Waals surface area contributed by atoms with E-state index >= 15 is 0 Å². The fraction of sp³-hybridized carbons (Fsp3) is 0.778. The van der Waals surface area contributed by atoms with Gasteiger partial charge >= 0.3 is 12.1 Å². The summed E-state index contributed by atoms with van der Waals surface area (Å²) in [5.41, 5.74) is 0. The Labute approximate surface area is 82.6 Å². The molecule has 1 N–H and O–H groups in total. The van der Waals surface area contributed by atoms with Crippen LogP contribution in [-0.2, 0) is 9.53 Å². The van der Waals surface area contributed by atoms with Gasteiger partial charge < -0.3 is 9.84 Å². The van der Waals surface area contributed by atoms with Crippen LogP contribution in [0.2, 0.25) is 0 Å². The molecule has 0 atom stereocenters. The van der Waals surface area contributed by atoms with Crippen LogP contribution < -0.4 is 0 Å². The van der Waals surface area contributed by atoms with Crippen LogP contribution in [0.5, 0.6) is 0 Å². The van der Waals surface area contributed by atoms with Crippen LogP contribution in [0.25, 0.3) is 0 Å². The Morgan fingerprint density at radius 1 is 1.50 bits per heavy atom. The van der Waals surface area contributed by atoms with Crippen molar-refractivity contribution < 1.29 is 19.4 Å². The molecule has 0 aromatic rings.